The molecule has 1 rings (SSSR count). The molecule has 0 atom stereocenters. The molecule has 36 valence electrons. The lowest BCUT2D eigenvalue weighted by Gasteiger charge is -1.72. The van der Waals surface area contributed by atoms with Gasteiger partial charge in [-0.2, -0.15) is 0 Å². The molecule has 0 saturated heterocycles. The highest BCUT2D eigenvalue weighted by Gasteiger charge is 1.84. The Kier molecular flexibility index (Phi) is 1.32. The molecule has 0 radical (unpaired) electrons. The first-order valence-corrected chi connectivity index (χ1v) is 2.39. The molecule has 1 nitrogen and oxygen atoms in total. The van der Waals surface area contributed by atoms with Crippen LogP contribution in [0.15, 0.2) is 34.0 Å². The quantitative estimate of drug-likeness (QED) is 0.399. The molecule has 0 amide bonds. The highest BCUT2D eigenvalue weighted by molar-refractivity contribution is 7.80. The van der Waals surface area contributed by atoms with E-state index in [1.807, 2.05) is 0 Å². The van der Waals surface area contributed by atoms with Gasteiger partial charge in [0.1, 0.15) is 0 Å². The Balaban J connectivity index is 3.02. The molecule has 7 heavy (non-hydrogen) atoms. The van der Waals surface area contributed by atoms with Gasteiger partial charge < -0.3 is 0 Å². The molecule has 1 heterocycles. The van der Waals surface area contributed by atoms with Crippen molar-refractivity contribution in [2.24, 2.45) is 0 Å². The lowest BCUT2D eigenvalue weighted by molar-refractivity contribution is 0.545. The van der Waals surface area contributed by atoms with Crippen molar-refractivity contribution in [1.82, 2.24) is 0 Å². The van der Waals surface area contributed by atoms with Crippen LogP contribution in [0.2, 0.25) is 0 Å². The van der Waals surface area contributed by atoms with E-state index in [0.29, 0.717) is 0 Å². The third-order valence-corrected chi connectivity index (χ3v) is 0.933. The van der Waals surface area contributed by atoms with Crippen LogP contribution in [0.5, 0.6) is 0 Å². The van der Waals surface area contributed by atoms with E-state index in [4.69, 9.17) is 4.42 Å². The Morgan fingerprint density at radius 2 is 1.86 bits per heavy atom. The summed E-state index contributed by atoms with van der Waals surface area (Å²) in [6.07, 6.45) is 3.17. The maximum atomic E-state index is 4.71. The molecule has 0 bridgehead atoms. The fourth-order valence-electron chi connectivity index (χ4n) is 0.319. The molecule has 0 aromatic carbocycles. The maximum absolute atomic E-state index is 4.71. The summed E-state index contributed by atoms with van der Waals surface area (Å²) < 4.78 is 4.71. The zero-order valence-corrected chi connectivity index (χ0v) is 4.56. The minimum Gasteiger partial charge on any atom is -0.224 e. The summed E-state index contributed by atoms with van der Waals surface area (Å²) in [6.45, 7) is 0. The van der Waals surface area contributed by atoms with Crippen LogP contribution in [0, 0.1) is 0 Å². The summed E-state index contributed by atoms with van der Waals surface area (Å²) in [5.41, 5.74) is 0. The summed E-state index contributed by atoms with van der Waals surface area (Å²) in [6, 6.07) is 3.56. The van der Waals surface area contributed by atoms with Crippen molar-refractivity contribution in [3.63, 3.8) is 0 Å². The Labute approximate surface area is 47.4 Å². The van der Waals surface area contributed by atoms with Crippen molar-refractivity contribution < 1.29 is 4.42 Å². The molecular weight excluding hydrogens is 108 g/mol. The first-order valence-electron chi connectivity index (χ1n) is 1.94. The molecule has 0 aliphatic heterocycles. The number of hydrogen-bond acceptors (Lipinski definition) is 1. The largest absolute Gasteiger partial charge is 0.319 e. The summed E-state index contributed by atoms with van der Waals surface area (Å²) >= 11 is 4.02. The zero-order chi connectivity index (χ0) is 5.11. The minimum absolute atomic E-state index is 0.922. The summed E-state index contributed by atoms with van der Waals surface area (Å²) in [4.78, 5) is 0.922. The molecule has 1 aromatic heterocycles. The topological polar surface area (TPSA) is 11.3 Å². The van der Waals surface area contributed by atoms with Gasteiger partial charge in [0, 0.05) is 17.0 Å². The van der Waals surface area contributed by atoms with Crippen LogP contribution in [0.4, 0.5) is 0 Å². The van der Waals surface area contributed by atoms with Crippen molar-refractivity contribution in [2.75, 3.05) is 0 Å². The number of rotatable bonds is 0. The normalized spacial score (nSPS) is 8.71. The standard InChI is InChI=1S/C5H4OS/c7-5-1-3-6-4-2-5/h1-4H/p+1. The maximum Gasteiger partial charge on any atom is 0.319 e. The molecule has 0 aliphatic carbocycles. The SMILES string of the molecule is Sc1cc[o+]cc1. The molecule has 0 N–H and O–H groups in total. The molecule has 0 fully saturated rings. The van der Waals surface area contributed by atoms with E-state index < -0.39 is 0 Å². The summed E-state index contributed by atoms with van der Waals surface area (Å²) in [7, 11) is 0. The second-order valence-electron chi connectivity index (χ2n) is 1.17. The predicted molar refractivity (Wildman–Crippen MR) is 30.4 cm³/mol. The van der Waals surface area contributed by atoms with E-state index >= 15 is 0 Å². The lowest BCUT2D eigenvalue weighted by atomic mass is 10.5. The van der Waals surface area contributed by atoms with E-state index in [9.17, 15) is 0 Å². The van der Waals surface area contributed by atoms with E-state index in [0.717, 1.165) is 4.90 Å². The van der Waals surface area contributed by atoms with Gasteiger partial charge in [0.05, 0.1) is 0 Å². The zero-order valence-electron chi connectivity index (χ0n) is 3.66. The van der Waals surface area contributed by atoms with E-state index in [1.54, 1.807) is 24.7 Å². The molecule has 1 aromatic rings. The highest BCUT2D eigenvalue weighted by Crippen LogP contribution is 2.00. The average Bonchev–Trinajstić information content (AvgIpc) is 1.69. The number of hydrogen-bond donors (Lipinski definition) is 1. The number of thiol groups is 1. The lowest BCUT2D eigenvalue weighted by Crippen LogP contribution is -1.57. The second kappa shape index (κ2) is 1.98. The van der Waals surface area contributed by atoms with Gasteiger partial charge in [0.25, 0.3) is 0 Å². The Morgan fingerprint density at radius 3 is 2.14 bits per heavy atom. The van der Waals surface area contributed by atoms with Crippen LogP contribution in [0.25, 0.3) is 0 Å². The first-order chi connectivity index (χ1) is 3.39. The van der Waals surface area contributed by atoms with Crippen molar-refractivity contribution in [3.05, 3.63) is 24.7 Å². The van der Waals surface area contributed by atoms with Gasteiger partial charge in [0.15, 0.2) is 0 Å². The fourth-order valence-corrected chi connectivity index (χ4v) is 0.441. The average molecular weight is 113 g/mol. The third-order valence-electron chi connectivity index (χ3n) is 0.635. The van der Waals surface area contributed by atoms with Gasteiger partial charge in [-0.15, -0.1) is 12.6 Å². The summed E-state index contributed by atoms with van der Waals surface area (Å²) in [5, 5.41) is 0. The van der Waals surface area contributed by atoms with Crippen LogP contribution in [0.1, 0.15) is 0 Å². The van der Waals surface area contributed by atoms with Crippen molar-refractivity contribution in [3.8, 4) is 0 Å². The minimum atomic E-state index is 0.922. The molecule has 0 unspecified atom stereocenters. The van der Waals surface area contributed by atoms with E-state index in [1.165, 1.54) is 0 Å². The van der Waals surface area contributed by atoms with Crippen molar-refractivity contribution in [2.45, 2.75) is 4.90 Å². The second-order valence-corrected chi connectivity index (χ2v) is 1.68. The van der Waals surface area contributed by atoms with E-state index in [-0.39, 0.29) is 0 Å². The van der Waals surface area contributed by atoms with Crippen LogP contribution in [-0.2, 0) is 0 Å². The van der Waals surface area contributed by atoms with Crippen LogP contribution in [0.3, 0.4) is 0 Å². The van der Waals surface area contributed by atoms with Gasteiger partial charge in [-0.25, -0.2) is 4.42 Å². The molecule has 0 saturated carbocycles. The van der Waals surface area contributed by atoms with Crippen LogP contribution < -0.4 is 0 Å². The van der Waals surface area contributed by atoms with E-state index in [2.05, 4.69) is 12.6 Å². The Bertz CT molecular complexity index is 138. The summed E-state index contributed by atoms with van der Waals surface area (Å²) in [5.74, 6) is 0. The first kappa shape index (κ1) is 4.65. The van der Waals surface area contributed by atoms with Gasteiger partial charge in [-0.05, 0) is 0 Å². The predicted octanol–water partition coefficient (Wildman–Crippen LogP) is 1.85. The molecular formula is C5H5OS+. The fraction of sp³-hybridized carbons (Fsp3) is 0. The van der Waals surface area contributed by atoms with Crippen LogP contribution >= 0.6 is 12.6 Å². The third kappa shape index (κ3) is 1.20. The highest BCUT2D eigenvalue weighted by atomic mass is 32.1. The van der Waals surface area contributed by atoms with Gasteiger partial charge in [0.2, 0.25) is 0 Å². The smallest absolute Gasteiger partial charge is 0.224 e. The monoisotopic (exact) mass is 113 g/mol. The van der Waals surface area contributed by atoms with Crippen molar-refractivity contribution >= 4 is 12.6 Å². The Morgan fingerprint density at radius 1 is 1.29 bits per heavy atom. The van der Waals surface area contributed by atoms with Crippen LogP contribution in [-0.4, -0.2) is 0 Å². The van der Waals surface area contributed by atoms with Gasteiger partial charge >= 0.3 is 12.5 Å². The molecule has 2 heteroatoms. The van der Waals surface area contributed by atoms with Crippen molar-refractivity contribution in [1.29, 1.82) is 0 Å². The Hall–Kier alpha value is -0.500. The molecule has 0 spiro atoms. The van der Waals surface area contributed by atoms with Gasteiger partial charge in [-0.3, -0.25) is 0 Å². The molecule has 0 aliphatic rings. The van der Waals surface area contributed by atoms with Gasteiger partial charge in [-0.1, -0.05) is 0 Å².